The second-order valence-corrected chi connectivity index (χ2v) is 11.5. The number of aromatic amines is 1. The van der Waals surface area contributed by atoms with Crippen LogP contribution < -0.4 is 31.0 Å². The first kappa shape index (κ1) is 35.6. The van der Waals surface area contributed by atoms with E-state index in [0.29, 0.717) is 36.3 Å². The molecule has 48 heavy (non-hydrogen) atoms. The molecule has 0 spiro atoms. The molecule has 3 aromatic rings. The number of benzene rings is 2. The molecule has 0 saturated carbocycles. The Morgan fingerprint density at radius 2 is 1.81 bits per heavy atom. The largest absolute Gasteiger partial charge is 0.493 e. The van der Waals surface area contributed by atoms with E-state index in [9.17, 15) is 24.0 Å². The van der Waals surface area contributed by atoms with E-state index < -0.39 is 23.7 Å². The third kappa shape index (κ3) is 9.39. The molecule has 0 aliphatic carbocycles. The quantitative estimate of drug-likeness (QED) is 0.330. The van der Waals surface area contributed by atoms with Gasteiger partial charge in [0, 0.05) is 49.4 Å². The number of carbonyl (C=O) groups excluding carboxylic acids is 4. The van der Waals surface area contributed by atoms with Crippen LogP contribution >= 0.6 is 0 Å². The average molecular weight is 665 g/mol. The van der Waals surface area contributed by atoms with E-state index >= 15 is 4.39 Å². The van der Waals surface area contributed by atoms with E-state index in [1.54, 1.807) is 37.8 Å². The molecule has 0 unspecified atom stereocenters. The zero-order chi connectivity index (χ0) is 34.8. The van der Waals surface area contributed by atoms with E-state index in [-0.39, 0.29) is 84.8 Å². The fourth-order valence-corrected chi connectivity index (χ4v) is 5.27. The Hall–Kier alpha value is -5.27. The number of nitrogens with zero attached hydrogens (tertiary/aromatic N) is 2. The molecule has 14 heteroatoms. The Labute approximate surface area is 277 Å². The van der Waals surface area contributed by atoms with Crippen LogP contribution in [0.2, 0.25) is 0 Å². The van der Waals surface area contributed by atoms with Crippen LogP contribution in [0, 0.1) is 19.7 Å². The highest BCUT2D eigenvalue weighted by molar-refractivity contribution is 5.95. The van der Waals surface area contributed by atoms with E-state index in [4.69, 9.17) is 9.47 Å². The van der Waals surface area contributed by atoms with Crippen LogP contribution in [0.1, 0.15) is 65.6 Å². The summed E-state index contributed by atoms with van der Waals surface area (Å²) < 4.78 is 26.2. The van der Waals surface area contributed by atoms with Crippen molar-refractivity contribution in [1.82, 2.24) is 30.8 Å². The number of aromatic nitrogens is 2. The number of ether oxygens (including phenoxy) is 2. The van der Waals surface area contributed by atoms with Gasteiger partial charge in [0.1, 0.15) is 11.9 Å². The molecular formula is C34H41FN6O7. The van der Waals surface area contributed by atoms with Gasteiger partial charge < -0.3 is 35.3 Å². The molecule has 0 fully saturated rings. The van der Waals surface area contributed by atoms with Gasteiger partial charge in [0.25, 0.3) is 11.5 Å². The van der Waals surface area contributed by atoms with Gasteiger partial charge in [-0.05, 0) is 69.0 Å². The highest BCUT2D eigenvalue weighted by Gasteiger charge is 2.22. The smallest absolute Gasteiger partial charge is 0.254 e. The molecule has 4 amide bonds. The SMILES string of the molecule is CC[C@@H]1NC(=O)CCCN(C(=O)Cc2c(C)nc(C)[nH]c2=O)CCCNC(=O)c2ccc(OC)c(c2)Oc2ccc(cc2F)CNC1=O. The van der Waals surface area contributed by atoms with Crippen LogP contribution in [0.4, 0.5) is 4.39 Å². The van der Waals surface area contributed by atoms with Gasteiger partial charge in [-0.15, -0.1) is 0 Å². The summed E-state index contributed by atoms with van der Waals surface area (Å²) >= 11 is 0. The van der Waals surface area contributed by atoms with Crippen molar-refractivity contribution in [2.45, 2.75) is 65.5 Å². The predicted molar refractivity (Wildman–Crippen MR) is 174 cm³/mol. The minimum absolute atomic E-state index is 0.0112. The van der Waals surface area contributed by atoms with Crippen molar-refractivity contribution in [2.24, 2.45) is 0 Å². The summed E-state index contributed by atoms with van der Waals surface area (Å²) in [6, 6.07) is 7.96. The summed E-state index contributed by atoms with van der Waals surface area (Å²) in [6.45, 7) is 5.75. The number of rotatable bonds is 4. The van der Waals surface area contributed by atoms with E-state index in [0.717, 1.165) is 0 Å². The Balaban J connectivity index is 1.56. The molecule has 2 aromatic carbocycles. The Morgan fingerprint density at radius 3 is 2.52 bits per heavy atom. The van der Waals surface area contributed by atoms with Crippen LogP contribution in [0.15, 0.2) is 41.2 Å². The molecule has 0 radical (unpaired) electrons. The van der Waals surface area contributed by atoms with Crippen molar-refractivity contribution in [1.29, 1.82) is 0 Å². The van der Waals surface area contributed by atoms with Gasteiger partial charge >= 0.3 is 0 Å². The van der Waals surface area contributed by atoms with E-state index in [2.05, 4.69) is 25.9 Å². The van der Waals surface area contributed by atoms with Crippen LogP contribution in [-0.2, 0) is 27.3 Å². The molecule has 5 rings (SSSR count). The predicted octanol–water partition coefficient (Wildman–Crippen LogP) is 2.82. The topological polar surface area (TPSA) is 172 Å². The maximum Gasteiger partial charge on any atom is 0.254 e. The van der Waals surface area contributed by atoms with Gasteiger partial charge in [0.2, 0.25) is 17.7 Å². The number of methoxy groups -OCH3 is 1. The normalized spacial score (nSPS) is 16.7. The molecule has 2 aliphatic heterocycles. The lowest BCUT2D eigenvalue weighted by Gasteiger charge is -2.23. The van der Waals surface area contributed by atoms with Gasteiger partial charge in [-0.1, -0.05) is 13.0 Å². The van der Waals surface area contributed by atoms with Gasteiger partial charge in [-0.25, -0.2) is 9.37 Å². The Morgan fingerprint density at radius 1 is 1.04 bits per heavy atom. The van der Waals surface area contributed by atoms with E-state index in [1.807, 2.05) is 0 Å². The summed E-state index contributed by atoms with van der Waals surface area (Å²) in [7, 11) is 1.42. The molecular weight excluding hydrogens is 623 g/mol. The number of halogens is 1. The maximum absolute atomic E-state index is 15.1. The summed E-state index contributed by atoms with van der Waals surface area (Å²) in [6.07, 6.45) is 0.864. The number of hydrogen-bond acceptors (Lipinski definition) is 8. The van der Waals surface area contributed by atoms with Gasteiger partial charge in [0.05, 0.1) is 13.5 Å². The number of H-pyrrole nitrogens is 1. The summed E-state index contributed by atoms with van der Waals surface area (Å²) in [5, 5.41) is 8.27. The first-order valence-corrected chi connectivity index (χ1v) is 15.8. The molecule has 4 N–H and O–H groups in total. The molecule has 4 bridgehead atoms. The average Bonchev–Trinajstić information content (AvgIpc) is 3.05. The number of carbonyl (C=O) groups is 4. The summed E-state index contributed by atoms with van der Waals surface area (Å²) in [5.74, 6) is -1.47. The molecule has 1 aromatic heterocycles. The summed E-state index contributed by atoms with van der Waals surface area (Å²) in [5.41, 5.74) is 1.04. The monoisotopic (exact) mass is 664 g/mol. The number of hydrogen-bond donors (Lipinski definition) is 4. The fourth-order valence-electron chi connectivity index (χ4n) is 5.27. The number of aryl methyl sites for hydroxylation is 2. The molecule has 1 atom stereocenters. The molecule has 0 saturated heterocycles. The number of nitrogens with one attached hydrogen (secondary N) is 4. The zero-order valence-corrected chi connectivity index (χ0v) is 27.5. The standard InChI is InChI=1S/C34H41FN6O7/c1-5-26-34(46)37-19-22-9-11-27(25(35)16-22)48-29-17-23(10-12-28(29)47-4)32(44)36-13-7-15-41(14-6-8-30(42)40-26)31(43)18-24-20(2)38-21(3)39-33(24)45/h9-12,16-17,26H,5-8,13-15,18-19H2,1-4H3,(H,36,44)(H,37,46)(H,40,42)(H,38,39,45)/t26-/m0/s1. The lowest BCUT2D eigenvalue weighted by atomic mass is 10.1. The first-order chi connectivity index (χ1) is 23.0. The third-order valence-electron chi connectivity index (χ3n) is 7.91. The Bertz CT molecular complexity index is 1730. The molecule has 256 valence electrons. The Kier molecular flexibility index (Phi) is 12.2. The van der Waals surface area contributed by atoms with Gasteiger partial charge in [-0.3, -0.25) is 24.0 Å². The molecule has 13 nitrogen and oxygen atoms in total. The van der Waals surface area contributed by atoms with Gasteiger partial charge in [-0.2, -0.15) is 0 Å². The van der Waals surface area contributed by atoms with Crippen molar-refractivity contribution in [3.05, 3.63) is 80.8 Å². The van der Waals surface area contributed by atoms with Crippen LogP contribution in [0.3, 0.4) is 0 Å². The first-order valence-electron chi connectivity index (χ1n) is 15.8. The second kappa shape index (κ2) is 16.5. The molecule has 3 heterocycles. The van der Waals surface area contributed by atoms with Gasteiger partial charge in [0.15, 0.2) is 23.1 Å². The van der Waals surface area contributed by atoms with E-state index in [1.165, 1.54) is 31.4 Å². The van der Waals surface area contributed by atoms with Crippen LogP contribution in [0.25, 0.3) is 0 Å². The van der Waals surface area contributed by atoms with Crippen molar-refractivity contribution < 1.29 is 33.0 Å². The highest BCUT2D eigenvalue weighted by atomic mass is 19.1. The van der Waals surface area contributed by atoms with Crippen molar-refractivity contribution in [3.63, 3.8) is 0 Å². The summed E-state index contributed by atoms with van der Waals surface area (Å²) in [4.78, 5) is 73.1. The fraction of sp³-hybridized carbons (Fsp3) is 0.412. The van der Waals surface area contributed by atoms with Crippen molar-refractivity contribution in [3.8, 4) is 17.2 Å². The lowest BCUT2D eigenvalue weighted by molar-refractivity contribution is -0.131. The minimum atomic E-state index is -0.809. The minimum Gasteiger partial charge on any atom is -0.493 e. The lowest BCUT2D eigenvalue weighted by Crippen LogP contribution is -2.46. The zero-order valence-electron chi connectivity index (χ0n) is 27.5. The van der Waals surface area contributed by atoms with Crippen molar-refractivity contribution >= 4 is 23.6 Å². The highest BCUT2D eigenvalue weighted by Crippen LogP contribution is 2.34. The second-order valence-electron chi connectivity index (χ2n) is 11.5. The molecule has 2 aliphatic rings. The number of fused-ring (bicyclic) bond motifs is 16. The third-order valence-corrected chi connectivity index (χ3v) is 7.91. The van der Waals surface area contributed by atoms with Crippen LogP contribution in [0.5, 0.6) is 17.2 Å². The van der Waals surface area contributed by atoms with Crippen molar-refractivity contribution in [2.75, 3.05) is 26.7 Å². The number of amides is 4. The maximum atomic E-state index is 15.1. The van der Waals surface area contributed by atoms with Crippen LogP contribution in [-0.4, -0.2) is 71.3 Å².